The molecule has 0 heterocycles. The van der Waals surface area contributed by atoms with E-state index in [-0.39, 0.29) is 11.9 Å². The van der Waals surface area contributed by atoms with Gasteiger partial charge in [0.05, 0.1) is 12.5 Å². The minimum atomic E-state index is 0.0783. The third-order valence-electron chi connectivity index (χ3n) is 10.4. The fraction of sp³-hybridized carbons (Fsp3) is 0.933. The Morgan fingerprint density at radius 2 is 0.857 bits per heavy atom. The van der Waals surface area contributed by atoms with E-state index in [2.05, 4.69) is 37.8 Å². The Balaban J connectivity index is 4.20. The van der Waals surface area contributed by atoms with Crippen molar-refractivity contribution in [3.63, 3.8) is 0 Å². The number of allylic oxidation sites excluding steroid dienone is 2. The van der Waals surface area contributed by atoms with Crippen LogP contribution in [-0.4, -0.2) is 48.8 Å². The lowest BCUT2D eigenvalue weighted by molar-refractivity contribution is -0.149. The number of nitrogens with zero attached hydrogens (tertiary/aromatic N) is 1. The van der Waals surface area contributed by atoms with Gasteiger partial charge in [-0.2, -0.15) is 0 Å². The van der Waals surface area contributed by atoms with Crippen molar-refractivity contribution in [3.8, 4) is 0 Å². The van der Waals surface area contributed by atoms with Crippen LogP contribution in [0.1, 0.15) is 233 Å². The number of carbonyl (C=O) groups excluding carboxylic acids is 1. The maximum Gasteiger partial charge on any atom is 0.308 e. The summed E-state index contributed by atoms with van der Waals surface area (Å²) in [5.41, 5.74) is 0. The summed E-state index contributed by atoms with van der Waals surface area (Å²) in [6.07, 6.45) is 46.4. The van der Waals surface area contributed by atoms with Gasteiger partial charge in [-0.15, -0.1) is 0 Å². The van der Waals surface area contributed by atoms with Crippen molar-refractivity contribution in [1.29, 1.82) is 0 Å². The molecule has 0 saturated heterocycles. The third kappa shape index (κ3) is 36.7. The normalized spacial score (nSPS) is 12.4. The molecule has 0 saturated carbocycles. The summed E-state index contributed by atoms with van der Waals surface area (Å²) in [6.45, 7) is 11.3. The first kappa shape index (κ1) is 48.1. The van der Waals surface area contributed by atoms with Crippen LogP contribution in [0.3, 0.4) is 0 Å². The molecule has 0 amide bonds. The molecule has 0 aromatic heterocycles. The predicted octanol–water partition coefficient (Wildman–Crippen LogP) is 13.9. The fourth-order valence-electron chi connectivity index (χ4n) is 6.99. The molecule has 0 aliphatic rings. The van der Waals surface area contributed by atoms with E-state index < -0.39 is 0 Å². The van der Waals surface area contributed by atoms with Gasteiger partial charge in [-0.05, 0) is 96.7 Å². The summed E-state index contributed by atoms with van der Waals surface area (Å²) in [5.74, 6) is 0.190. The van der Waals surface area contributed by atoms with Crippen LogP contribution in [0.15, 0.2) is 12.2 Å². The molecule has 0 aliphatic carbocycles. The number of ether oxygens (including phenoxy) is 1. The lowest BCUT2D eigenvalue weighted by atomic mass is 9.94. The van der Waals surface area contributed by atoms with Crippen molar-refractivity contribution in [2.75, 3.05) is 32.8 Å². The molecule has 0 bridgehead atoms. The average Bonchev–Trinajstić information content (AvgIpc) is 3.11. The van der Waals surface area contributed by atoms with Gasteiger partial charge in [0.2, 0.25) is 0 Å². The molecule has 1 unspecified atom stereocenters. The van der Waals surface area contributed by atoms with E-state index in [0.29, 0.717) is 13.2 Å². The monoisotopic (exact) mass is 692 g/mol. The Morgan fingerprint density at radius 3 is 1.33 bits per heavy atom. The van der Waals surface area contributed by atoms with E-state index >= 15 is 0 Å². The van der Waals surface area contributed by atoms with E-state index in [0.717, 1.165) is 51.5 Å². The minimum absolute atomic E-state index is 0.0783. The maximum absolute atomic E-state index is 13.0. The molecule has 0 aromatic carbocycles. The Labute approximate surface area is 308 Å². The van der Waals surface area contributed by atoms with Gasteiger partial charge in [0.1, 0.15) is 0 Å². The number of hydrogen-bond donors (Lipinski definition) is 1. The van der Waals surface area contributed by atoms with Gasteiger partial charge in [0.25, 0.3) is 0 Å². The highest BCUT2D eigenvalue weighted by Crippen LogP contribution is 2.21. The maximum atomic E-state index is 13.0. The van der Waals surface area contributed by atoms with Crippen molar-refractivity contribution >= 4 is 5.97 Å². The van der Waals surface area contributed by atoms with Crippen LogP contribution < -0.4 is 0 Å². The van der Waals surface area contributed by atoms with E-state index in [1.807, 2.05) is 0 Å². The smallest absolute Gasteiger partial charge is 0.308 e. The van der Waals surface area contributed by atoms with Crippen LogP contribution >= 0.6 is 0 Å². The average molecular weight is 692 g/mol. The second-order valence-corrected chi connectivity index (χ2v) is 15.2. The van der Waals surface area contributed by atoms with E-state index in [1.54, 1.807) is 0 Å². The molecule has 0 rings (SSSR count). The highest BCUT2D eigenvalue weighted by atomic mass is 16.5. The Morgan fingerprint density at radius 1 is 0.490 bits per heavy atom. The molecule has 0 aliphatic heterocycles. The number of unbranched alkanes of at least 4 members (excludes halogenated alkanes) is 25. The summed E-state index contributed by atoms with van der Waals surface area (Å²) < 4.78 is 5.85. The Hall–Kier alpha value is -0.870. The molecule has 292 valence electrons. The number of rotatable bonds is 41. The van der Waals surface area contributed by atoms with Crippen molar-refractivity contribution < 1.29 is 14.6 Å². The lowest BCUT2D eigenvalue weighted by Crippen LogP contribution is -2.27. The zero-order valence-electron chi connectivity index (χ0n) is 33.8. The Kier molecular flexibility index (Phi) is 40.8. The van der Waals surface area contributed by atoms with Crippen molar-refractivity contribution in [1.82, 2.24) is 4.90 Å². The minimum Gasteiger partial charge on any atom is -0.465 e. The van der Waals surface area contributed by atoms with Gasteiger partial charge in [0, 0.05) is 6.61 Å². The molecule has 0 spiro atoms. The van der Waals surface area contributed by atoms with E-state index in [4.69, 9.17) is 9.84 Å². The molecular formula is C45H89NO3. The second kappa shape index (κ2) is 41.5. The zero-order chi connectivity index (χ0) is 35.7. The van der Waals surface area contributed by atoms with Crippen LogP contribution in [0, 0.1) is 5.92 Å². The van der Waals surface area contributed by atoms with Gasteiger partial charge in [-0.25, -0.2) is 0 Å². The van der Waals surface area contributed by atoms with Crippen LogP contribution in [0.4, 0.5) is 0 Å². The second-order valence-electron chi connectivity index (χ2n) is 15.2. The van der Waals surface area contributed by atoms with Crippen molar-refractivity contribution in [3.05, 3.63) is 12.2 Å². The molecule has 0 radical (unpaired) electrons. The van der Waals surface area contributed by atoms with Gasteiger partial charge in [-0.3, -0.25) is 4.79 Å². The van der Waals surface area contributed by atoms with Crippen LogP contribution in [0.5, 0.6) is 0 Å². The van der Waals surface area contributed by atoms with Crippen LogP contribution in [0.2, 0.25) is 0 Å². The number of aliphatic hydroxyl groups excluding tert-OH is 1. The first-order valence-corrected chi connectivity index (χ1v) is 22.3. The highest BCUT2D eigenvalue weighted by Gasteiger charge is 2.19. The Bertz CT molecular complexity index is 666. The van der Waals surface area contributed by atoms with Gasteiger partial charge < -0.3 is 14.7 Å². The topological polar surface area (TPSA) is 49.8 Å². The molecule has 1 N–H and O–H groups in total. The fourth-order valence-corrected chi connectivity index (χ4v) is 6.99. The number of hydrogen-bond acceptors (Lipinski definition) is 4. The summed E-state index contributed by atoms with van der Waals surface area (Å²) in [6, 6.07) is 0. The molecule has 4 nitrogen and oxygen atoms in total. The van der Waals surface area contributed by atoms with Crippen LogP contribution in [0.25, 0.3) is 0 Å². The predicted molar refractivity (Wildman–Crippen MR) is 216 cm³/mol. The van der Waals surface area contributed by atoms with E-state index in [9.17, 15) is 4.79 Å². The zero-order valence-corrected chi connectivity index (χ0v) is 33.8. The first-order chi connectivity index (χ1) is 24.2. The first-order valence-electron chi connectivity index (χ1n) is 22.3. The standard InChI is InChI=1S/C45H89NO3/c1-4-7-10-13-15-16-17-18-19-20-21-22-23-24-26-32-39-46(40-33-27-28-35-42-47)41-34-29-36-43-49-45(48)44(37-30-12-9-6-3)38-31-25-14-11-8-5-2/h18-19,44,47H,4-17,20-43H2,1-3H3. The van der Waals surface area contributed by atoms with Crippen molar-refractivity contribution in [2.24, 2.45) is 5.92 Å². The number of carbonyl (C=O) groups is 1. The number of esters is 1. The molecule has 4 heteroatoms. The third-order valence-corrected chi connectivity index (χ3v) is 10.4. The molecule has 49 heavy (non-hydrogen) atoms. The van der Waals surface area contributed by atoms with Crippen LogP contribution in [-0.2, 0) is 9.53 Å². The van der Waals surface area contributed by atoms with Crippen molar-refractivity contribution in [2.45, 2.75) is 233 Å². The summed E-state index contributed by atoms with van der Waals surface area (Å²) in [7, 11) is 0. The van der Waals surface area contributed by atoms with Gasteiger partial charge in [-0.1, -0.05) is 168 Å². The quantitative estimate of drug-likeness (QED) is 0.0394. The number of aliphatic hydroxyl groups is 1. The molecular weight excluding hydrogens is 602 g/mol. The highest BCUT2D eigenvalue weighted by molar-refractivity contribution is 5.72. The molecule has 0 aromatic rings. The SMILES string of the molecule is CCCCCCCCC=CCCCCCCCCN(CCCCCCO)CCCCCOC(=O)C(CCCCCC)CCCCCCCC. The summed E-state index contributed by atoms with van der Waals surface area (Å²) in [4.78, 5) is 15.7. The molecule has 1 atom stereocenters. The molecule has 0 fully saturated rings. The summed E-state index contributed by atoms with van der Waals surface area (Å²) in [5, 5.41) is 9.12. The largest absolute Gasteiger partial charge is 0.465 e. The lowest BCUT2D eigenvalue weighted by Gasteiger charge is -2.22. The van der Waals surface area contributed by atoms with Gasteiger partial charge >= 0.3 is 5.97 Å². The summed E-state index contributed by atoms with van der Waals surface area (Å²) >= 11 is 0. The van der Waals surface area contributed by atoms with Gasteiger partial charge in [0.15, 0.2) is 0 Å². The van der Waals surface area contributed by atoms with E-state index in [1.165, 1.54) is 180 Å².